The van der Waals surface area contributed by atoms with Crippen molar-refractivity contribution < 1.29 is 9.59 Å². The topological polar surface area (TPSA) is 101 Å². The highest BCUT2D eigenvalue weighted by Crippen LogP contribution is 2.07. The monoisotopic (exact) mass is 284 g/mol. The van der Waals surface area contributed by atoms with Crippen LogP contribution in [0, 0.1) is 0 Å². The van der Waals surface area contributed by atoms with Gasteiger partial charge in [-0.1, -0.05) is 12.1 Å². The number of aromatic amines is 1. The standard InChI is InChI=1S/C15H16N4O2/c1-10(15-17-8-9-18-15)19-13(20)7-4-11-2-5-12(6-3-11)14(16)21/h2-10H,1H3,(H2,16,21)(H,17,18)(H,19,20)/b7-4+. The van der Waals surface area contributed by atoms with Crippen LogP contribution in [0.5, 0.6) is 0 Å². The highest BCUT2D eigenvalue weighted by molar-refractivity contribution is 5.94. The normalized spacial score (nSPS) is 12.2. The zero-order chi connectivity index (χ0) is 15.2. The number of nitrogens with zero attached hydrogens (tertiary/aromatic N) is 1. The Labute approximate surface area is 122 Å². The fourth-order valence-corrected chi connectivity index (χ4v) is 1.77. The zero-order valence-corrected chi connectivity index (χ0v) is 11.5. The Balaban J connectivity index is 1.94. The molecule has 1 heterocycles. The molecule has 1 aromatic heterocycles. The number of H-pyrrole nitrogens is 1. The van der Waals surface area contributed by atoms with Crippen LogP contribution in [-0.4, -0.2) is 21.8 Å². The molecule has 6 nitrogen and oxygen atoms in total. The summed E-state index contributed by atoms with van der Waals surface area (Å²) in [6.07, 6.45) is 6.43. The third-order valence-corrected chi connectivity index (χ3v) is 2.91. The molecule has 0 aliphatic carbocycles. The number of benzene rings is 1. The number of hydrogen-bond acceptors (Lipinski definition) is 3. The first kappa shape index (κ1) is 14.5. The van der Waals surface area contributed by atoms with Gasteiger partial charge in [0, 0.05) is 24.0 Å². The number of imidazole rings is 1. The van der Waals surface area contributed by atoms with Crippen molar-refractivity contribution in [3.63, 3.8) is 0 Å². The summed E-state index contributed by atoms with van der Waals surface area (Å²) in [5, 5.41) is 2.79. The lowest BCUT2D eigenvalue weighted by Gasteiger charge is -2.09. The van der Waals surface area contributed by atoms with Gasteiger partial charge in [0.05, 0.1) is 6.04 Å². The Morgan fingerprint density at radius 3 is 2.62 bits per heavy atom. The molecule has 4 N–H and O–H groups in total. The van der Waals surface area contributed by atoms with E-state index in [1.54, 1.807) is 42.7 Å². The molecule has 2 amide bonds. The van der Waals surface area contributed by atoms with E-state index in [0.717, 1.165) is 5.56 Å². The third-order valence-electron chi connectivity index (χ3n) is 2.91. The summed E-state index contributed by atoms with van der Waals surface area (Å²) in [5.74, 6) is -0.00372. The minimum absolute atomic E-state index is 0.200. The van der Waals surface area contributed by atoms with E-state index in [1.807, 2.05) is 6.92 Å². The van der Waals surface area contributed by atoms with Crippen molar-refractivity contribution in [2.45, 2.75) is 13.0 Å². The fourth-order valence-electron chi connectivity index (χ4n) is 1.77. The average Bonchev–Trinajstić information content (AvgIpc) is 3.00. The zero-order valence-electron chi connectivity index (χ0n) is 11.5. The van der Waals surface area contributed by atoms with Crippen molar-refractivity contribution in [1.82, 2.24) is 15.3 Å². The van der Waals surface area contributed by atoms with Gasteiger partial charge >= 0.3 is 0 Å². The van der Waals surface area contributed by atoms with Crippen LogP contribution in [-0.2, 0) is 4.79 Å². The number of rotatable bonds is 5. The maximum Gasteiger partial charge on any atom is 0.248 e. The second-order valence-electron chi connectivity index (χ2n) is 4.52. The summed E-state index contributed by atoms with van der Waals surface area (Å²) < 4.78 is 0. The van der Waals surface area contributed by atoms with Crippen molar-refractivity contribution in [3.8, 4) is 0 Å². The number of hydrogen-bond donors (Lipinski definition) is 3. The Kier molecular flexibility index (Phi) is 4.50. The molecule has 0 radical (unpaired) electrons. The molecule has 0 aliphatic heterocycles. The van der Waals surface area contributed by atoms with E-state index in [1.165, 1.54) is 6.08 Å². The van der Waals surface area contributed by atoms with E-state index in [4.69, 9.17) is 5.73 Å². The molecule has 0 fully saturated rings. The van der Waals surface area contributed by atoms with Crippen LogP contribution in [0.1, 0.15) is 34.7 Å². The van der Waals surface area contributed by atoms with Gasteiger partial charge in [-0.2, -0.15) is 0 Å². The first-order valence-corrected chi connectivity index (χ1v) is 6.44. The lowest BCUT2D eigenvalue weighted by atomic mass is 10.1. The molecule has 0 spiro atoms. The van der Waals surface area contributed by atoms with Crippen LogP contribution in [0.3, 0.4) is 0 Å². The summed E-state index contributed by atoms with van der Waals surface area (Å²) in [6.45, 7) is 1.84. The van der Waals surface area contributed by atoms with Gasteiger partial charge in [0.1, 0.15) is 5.82 Å². The van der Waals surface area contributed by atoms with Crippen molar-refractivity contribution in [2.24, 2.45) is 5.73 Å². The van der Waals surface area contributed by atoms with Crippen molar-refractivity contribution in [1.29, 1.82) is 0 Å². The highest BCUT2D eigenvalue weighted by atomic mass is 16.1. The van der Waals surface area contributed by atoms with Crippen LogP contribution in [0.25, 0.3) is 6.08 Å². The largest absolute Gasteiger partial charge is 0.366 e. The van der Waals surface area contributed by atoms with E-state index in [2.05, 4.69) is 15.3 Å². The van der Waals surface area contributed by atoms with Gasteiger partial charge in [0.2, 0.25) is 11.8 Å². The second kappa shape index (κ2) is 6.51. The third kappa shape index (κ3) is 4.04. The van der Waals surface area contributed by atoms with Crippen molar-refractivity contribution in [2.75, 3.05) is 0 Å². The molecule has 21 heavy (non-hydrogen) atoms. The van der Waals surface area contributed by atoms with Crippen molar-refractivity contribution in [3.05, 3.63) is 59.7 Å². The Morgan fingerprint density at radius 2 is 2.05 bits per heavy atom. The van der Waals surface area contributed by atoms with Crippen molar-refractivity contribution >= 4 is 17.9 Å². The van der Waals surface area contributed by atoms with E-state index in [-0.39, 0.29) is 11.9 Å². The van der Waals surface area contributed by atoms with Crippen LogP contribution in [0.15, 0.2) is 42.7 Å². The number of aromatic nitrogens is 2. The molecular weight excluding hydrogens is 268 g/mol. The summed E-state index contributed by atoms with van der Waals surface area (Å²) in [5.41, 5.74) is 6.40. The SMILES string of the molecule is CC(NC(=O)/C=C/c1ccc(C(N)=O)cc1)c1ncc[nH]1. The molecule has 1 atom stereocenters. The number of carbonyl (C=O) groups excluding carboxylic acids is 2. The van der Waals surface area contributed by atoms with E-state index >= 15 is 0 Å². The average molecular weight is 284 g/mol. The van der Waals surface area contributed by atoms with Gasteiger partial charge in [0.15, 0.2) is 0 Å². The van der Waals surface area contributed by atoms with Gasteiger partial charge in [-0.25, -0.2) is 4.98 Å². The molecule has 0 bridgehead atoms. The number of nitrogens with two attached hydrogens (primary N) is 1. The maximum atomic E-state index is 11.8. The molecule has 2 aromatic rings. The first-order valence-electron chi connectivity index (χ1n) is 6.44. The fraction of sp³-hybridized carbons (Fsp3) is 0.133. The van der Waals surface area contributed by atoms with E-state index in [9.17, 15) is 9.59 Å². The van der Waals surface area contributed by atoms with Gasteiger partial charge in [-0.05, 0) is 30.7 Å². The molecule has 6 heteroatoms. The highest BCUT2D eigenvalue weighted by Gasteiger charge is 2.08. The number of carbonyl (C=O) groups is 2. The second-order valence-corrected chi connectivity index (χ2v) is 4.52. The summed E-state index contributed by atoms with van der Waals surface area (Å²) in [6, 6.07) is 6.48. The molecule has 108 valence electrons. The van der Waals surface area contributed by atoms with Crippen LogP contribution >= 0.6 is 0 Å². The van der Waals surface area contributed by atoms with Gasteiger partial charge < -0.3 is 16.0 Å². The van der Waals surface area contributed by atoms with Gasteiger partial charge in [-0.15, -0.1) is 0 Å². The molecule has 1 unspecified atom stereocenters. The Hall–Kier alpha value is -2.89. The first-order chi connectivity index (χ1) is 10.1. The summed E-state index contributed by atoms with van der Waals surface area (Å²) >= 11 is 0. The Bertz CT molecular complexity index is 645. The number of amides is 2. The number of primary amides is 1. The van der Waals surface area contributed by atoms with E-state index < -0.39 is 5.91 Å². The quantitative estimate of drug-likeness (QED) is 0.723. The molecule has 0 aliphatic rings. The maximum absolute atomic E-state index is 11.8. The minimum Gasteiger partial charge on any atom is -0.366 e. The van der Waals surface area contributed by atoms with E-state index in [0.29, 0.717) is 11.4 Å². The molecule has 2 rings (SSSR count). The predicted molar refractivity (Wildman–Crippen MR) is 79.1 cm³/mol. The summed E-state index contributed by atoms with van der Waals surface area (Å²) in [4.78, 5) is 29.7. The molecular formula is C15H16N4O2. The molecule has 0 saturated heterocycles. The minimum atomic E-state index is -0.476. The lowest BCUT2D eigenvalue weighted by Crippen LogP contribution is -2.25. The lowest BCUT2D eigenvalue weighted by molar-refractivity contribution is -0.117. The Morgan fingerprint density at radius 1 is 1.33 bits per heavy atom. The van der Waals surface area contributed by atoms with Crippen LogP contribution < -0.4 is 11.1 Å². The molecule has 1 aromatic carbocycles. The van der Waals surface area contributed by atoms with Gasteiger partial charge in [-0.3, -0.25) is 9.59 Å². The summed E-state index contributed by atoms with van der Waals surface area (Å²) in [7, 11) is 0. The smallest absolute Gasteiger partial charge is 0.248 e. The van der Waals surface area contributed by atoms with Crippen LogP contribution in [0.2, 0.25) is 0 Å². The number of nitrogens with one attached hydrogen (secondary N) is 2. The van der Waals surface area contributed by atoms with Crippen LogP contribution in [0.4, 0.5) is 0 Å². The van der Waals surface area contributed by atoms with Gasteiger partial charge in [0.25, 0.3) is 0 Å². The molecule has 0 saturated carbocycles. The predicted octanol–water partition coefficient (Wildman–Crippen LogP) is 1.40.